The minimum absolute atomic E-state index is 0.112. The Morgan fingerprint density at radius 1 is 1.15 bits per heavy atom. The first-order valence-corrected chi connectivity index (χ1v) is 8.86. The molecule has 6 heteroatoms. The van der Waals surface area contributed by atoms with Gasteiger partial charge in [0.25, 0.3) is 0 Å². The molecule has 26 heavy (non-hydrogen) atoms. The van der Waals surface area contributed by atoms with Gasteiger partial charge < -0.3 is 20.1 Å². The Balaban J connectivity index is 1.51. The number of carbonyl (C=O) groups is 1. The molecule has 2 aromatic carbocycles. The number of carbonyl (C=O) groups excluding carboxylic acids is 1. The summed E-state index contributed by atoms with van der Waals surface area (Å²) in [5.41, 5.74) is 0.484. The summed E-state index contributed by atoms with van der Waals surface area (Å²) >= 11 is 0. The van der Waals surface area contributed by atoms with Gasteiger partial charge in [-0.15, -0.1) is 0 Å². The van der Waals surface area contributed by atoms with Crippen molar-refractivity contribution in [3.8, 4) is 11.5 Å². The molecule has 2 N–H and O–H groups in total. The van der Waals surface area contributed by atoms with Gasteiger partial charge in [0.05, 0.1) is 5.69 Å². The van der Waals surface area contributed by atoms with Crippen LogP contribution in [-0.2, 0) is 4.74 Å². The van der Waals surface area contributed by atoms with Gasteiger partial charge in [0.2, 0.25) is 0 Å². The monoisotopic (exact) mass is 358 g/mol. The highest BCUT2D eigenvalue weighted by atomic mass is 19.1. The molecule has 138 valence electrons. The van der Waals surface area contributed by atoms with E-state index in [1.54, 1.807) is 42.5 Å². The third-order valence-corrected chi connectivity index (χ3v) is 4.29. The second kappa shape index (κ2) is 9.20. The Bertz CT molecular complexity index is 733. The van der Waals surface area contributed by atoms with Gasteiger partial charge >= 0.3 is 6.03 Å². The lowest BCUT2D eigenvalue weighted by Crippen LogP contribution is -2.29. The van der Waals surface area contributed by atoms with E-state index in [1.165, 1.54) is 6.07 Å². The predicted molar refractivity (Wildman–Crippen MR) is 98.1 cm³/mol. The molecule has 0 aromatic heterocycles. The quantitative estimate of drug-likeness (QED) is 0.714. The molecule has 0 bridgehead atoms. The van der Waals surface area contributed by atoms with Crippen LogP contribution in [0.1, 0.15) is 19.3 Å². The normalized spacial score (nSPS) is 16.3. The molecule has 0 aliphatic carbocycles. The van der Waals surface area contributed by atoms with Crippen LogP contribution in [0.25, 0.3) is 0 Å². The summed E-state index contributed by atoms with van der Waals surface area (Å²) in [6.07, 6.45) is 3.06. The van der Waals surface area contributed by atoms with E-state index in [1.807, 2.05) is 0 Å². The van der Waals surface area contributed by atoms with Crippen molar-refractivity contribution in [1.29, 1.82) is 0 Å². The fourth-order valence-electron chi connectivity index (χ4n) is 2.88. The zero-order chi connectivity index (χ0) is 18.2. The molecular weight excluding hydrogens is 335 g/mol. The zero-order valence-corrected chi connectivity index (χ0v) is 14.5. The first-order valence-electron chi connectivity index (χ1n) is 8.86. The highest BCUT2D eigenvalue weighted by Crippen LogP contribution is 2.30. The minimum atomic E-state index is -0.456. The summed E-state index contributed by atoms with van der Waals surface area (Å²) in [6.45, 7) is 2.27. The standard InChI is InChI=1S/C20H23FN2O3/c21-16-7-1-3-9-18(16)26-19-10-4-2-8-17(19)23-20(24)22-12-5-6-15-11-13-25-14-15/h1-4,7-10,15H,5-6,11-14H2,(H2,22,23,24)/t15-/m0/s1. The largest absolute Gasteiger partial charge is 0.452 e. The maximum atomic E-state index is 13.8. The number of amides is 2. The van der Waals surface area contributed by atoms with Crippen molar-refractivity contribution >= 4 is 11.7 Å². The summed E-state index contributed by atoms with van der Waals surface area (Å²) in [6, 6.07) is 12.8. The summed E-state index contributed by atoms with van der Waals surface area (Å²) in [5, 5.41) is 5.59. The molecule has 0 unspecified atom stereocenters. The third-order valence-electron chi connectivity index (χ3n) is 4.29. The molecule has 1 aliphatic heterocycles. The molecule has 0 radical (unpaired) electrons. The lowest BCUT2D eigenvalue weighted by atomic mass is 10.0. The summed E-state index contributed by atoms with van der Waals surface area (Å²) < 4.78 is 24.7. The summed E-state index contributed by atoms with van der Waals surface area (Å²) in [7, 11) is 0. The number of benzene rings is 2. The van der Waals surface area contributed by atoms with Gasteiger partial charge in [-0.25, -0.2) is 9.18 Å². The number of ether oxygens (including phenoxy) is 2. The minimum Gasteiger partial charge on any atom is -0.452 e. The molecule has 5 nitrogen and oxygen atoms in total. The maximum absolute atomic E-state index is 13.8. The van der Waals surface area contributed by atoms with E-state index in [-0.39, 0.29) is 11.8 Å². The number of nitrogens with one attached hydrogen (secondary N) is 2. The molecule has 1 aliphatic rings. The van der Waals surface area contributed by atoms with Gasteiger partial charge in [0.1, 0.15) is 0 Å². The third kappa shape index (κ3) is 5.20. The number of rotatable bonds is 7. The van der Waals surface area contributed by atoms with Gasteiger partial charge in [-0.3, -0.25) is 0 Å². The fourth-order valence-corrected chi connectivity index (χ4v) is 2.88. The number of para-hydroxylation sites is 3. The Morgan fingerprint density at radius 3 is 2.69 bits per heavy atom. The Morgan fingerprint density at radius 2 is 1.92 bits per heavy atom. The van der Waals surface area contributed by atoms with Gasteiger partial charge in [-0.1, -0.05) is 24.3 Å². The van der Waals surface area contributed by atoms with E-state index in [9.17, 15) is 9.18 Å². The average molecular weight is 358 g/mol. The molecular formula is C20H23FN2O3. The van der Waals surface area contributed by atoms with E-state index in [0.29, 0.717) is 23.9 Å². The number of halogens is 1. The number of urea groups is 1. The highest BCUT2D eigenvalue weighted by Gasteiger charge is 2.15. The second-order valence-electron chi connectivity index (χ2n) is 6.28. The van der Waals surface area contributed by atoms with E-state index in [2.05, 4.69) is 10.6 Å². The molecule has 0 saturated carbocycles. The number of hydrogen-bond acceptors (Lipinski definition) is 3. The van der Waals surface area contributed by atoms with E-state index < -0.39 is 5.82 Å². The van der Waals surface area contributed by atoms with Crippen LogP contribution in [0.4, 0.5) is 14.9 Å². The molecule has 1 atom stereocenters. The van der Waals surface area contributed by atoms with Crippen molar-refractivity contribution in [3.05, 3.63) is 54.3 Å². The van der Waals surface area contributed by atoms with Gasteiger partial charge in [-0.05, 0) is 49.4 Å². The van der Waals surface area contributed by atoms with Crippen molar-refractivity contribution in [2.24, 2.45) is 5.92 Å². The van der Waals surface area contributed by atoms with Crippen molar-refractivity contribution in [2.45, 2.75) is 19.3 Å². The summed E-state index contributed by atoms with van der Waals surface area (Å²) in [4.78, 5) is 12.1. The van der Waals surface area contributed by atoms with Crippen LogP contribution in [-0.4, -0.2) is 25.8 Å². The Kier molecular flexibility index (Phi) is 6.44. The lowest BCUT2D eigenvalue weighted by molar-refractivity contribution is 0.184. The first-order chi connectivity index (χ1) is 12.7. The van der Waals surface area contributed by atoms with Crippen LogP contribution >= 0.6 is 0 Å². The van der Waals surface area contributed by atoms with Crippen molar-refractivity contribution in [3.63, 3.8) is 0 Å². The molecule has 2 amide bonds. The van der Waals surface area contributed by atoms with E-state index >= 15 is 0 Å². The molecule has 0 spiro atoms. The maximum Gasteiger partial charge on any atom is 0.319 e. The van der Waals surface area contributed by atoms with Crippen molar-refractivity contribution in [2.75, 3.05) is 25.1 Å². The van der Waals surface area contributed by atoms with Crippen molar-refractivity contribution < 1.29 is 18.7 Å². The van der Waals surface area contributed by atoms with Crippen molar-refractivity contribution in [1.82, 2.24) is 5.32 Å². The molecule has 3 rings (SSSR count). The van der Waals surface area contributed by atoms with E-state index in [0.717, 1.165) is 32.5 Å². The topological polar surface area (TPSA) is 59.6 Å². The number of anilines is 1. The van der Waals surface area contributed by atoms with Gasteiger partial charge in [-0.2, -0.15) is 0 Å². The zero-order valence-electron chi connectivity index (χ0n) is 14.5. The van der Waals surface area contributed by atoms with Crippen LogP contribution < -0.4 is 15.4 Å². The molecule has 1 heterocycles. The van der Waals surface area contributed by atoms with Crippen LogP contribution in [0.15, 0.2) is 48.5 Å². The summed E-state index contributed by atoms with van der Waals surface area (Å²) in [5.74, 6) is 0.647. The second-order valence-corrected chi connectivity index (χ2v) is 6.28. The SMILES string of the molecule is O=C(NCCC[C@H]1CCOC1)Nc1ccccc1Oc1ccccc1F. The Labute approximate surface area is 152 Å². The lowest BCUT2D eigenvalue weighted by Gasteiger charge is -2.13. The smallest absolute Gasteiger partial charge is 0.319 e. The van der Waals surface area contributed by atoms with Gasteiger partial charge in [0, 0.05) is 19.8 Å². The predicted octanol–water partition coefficient (Wildman–Crippen LogP) is 4.56. The molecule has 1 fully saturated rings. The van der Waals surface area contributed by atoms with Crippen LogP contribution in [0, 0.1) is 11.7 Å². The molecule has 2 aromatic rings. The first kappa shape index (κ1) is 18.2. The Hall–Kier alpha value is -2.60. The van der Waals surface area contributed by atoms with Crippen LogP contribution in [0.5, 0.6) is 11.5 Å². The van der Waals surface area contributed by atoms with Gasteiger partial charge in [0.15, 0.2) is 17.3 Å². The van der Waals surface area contributed by atoms with Crippen LogP contribution in [0.3, 0.4) is 0 Å². The fraction of sp³-hybridized carbons (Fsp3) is 0.350. The highest BCUT2D eigenvalue weighted by molar-refractivity contribution is 5.90. The molecule has 1 saturated heterocycles. The average Bonchev–Trinajstić information content (AvgIpc) is 3.16. The van der Waals surface area contributed by atoms with Crippen LogP contribution in [0.2, 0.25) is 0 Å². The van der Waals surface area contributed by atoms with E-state index in [4.69, 9.17) is 9.47 Å². The number of hydrogen-bond donors (Lipinski definition) is 2.